The fourth-order valence-electron chi connectivity index (χ4n) is 1.40. The minimum absolute atomic E-state index is 0.0129. The van der Waals surface area contributed by atoms with E-state index in [0.29, 0.717) is 19.4 Å². The van der Waals surface area contributed by atoms with Gasteiger partial charge in [0.15, 0.2) is 0 Å². The second-order valence-corrected chi connectivity index (χ2v) is 3.13. The molecule has 0 amide bonds. The van der Waals surface area contributed by atoms with Crippen LogP contribution in [0, 0.1) is 5.92 Å². The van der Waals surface area contributed by atoms with E-state index in [1.807, 2.05) is 0 Å². The van der Waals surface area contributed by atoms with E-state index in [2.05, 4.69) is 4.84 Å². The van der Waals surface area contributed by atoms with Gasteiger partial charge >= 0.3 is 0 Å². The van der Waals surface area contributed by atoms with Crippen LogP contribution in [0.5, 0.6) is 0 Å². The van der Waals surface area contributed by atoms with Crippen LogP contribution < -0.4 is 5.90 Å². The molecule has 1 aliphatic rings. The van der Waals surface area contributed by atoms with Crippen molar-refractivity contribution in [2.45, 2.75) is 31.6 Å². The summed E-state index contributed by atoms with van der Waals surface area (Å²) in [5.41, 5.74) is 0. The van der Waals surface area contributed by atoms with Crippen molar-refractivity contribution in [3.8, 4) is 0 Å². The zero-order valence-electron chi connectivity index (χ0n) is 6.35. The highest BCUT2D eigenvalue weighted by Gasteiger charge is 2.34. The predicted octanol–water partition coefficient (Wildman–Crippen LogP) is 1.70. The van der Waals surface area contributed by atoms with Crippen LogP contribution in [0.3, 0.4) is 0 Å². The quantitative estimate of drug-likeness (QED) is 0.632. The zero-order valence-corrected chi connectivity index (χ0v) is 6.35. The zero-order chi connectivity index (χ0) is 8.32. The Hall–Kier alpha value is -0.220. The monoisotopic (exact) mass is 165 g/mol. The summed E-state index contributed by atoms with van der Waals surface area (Å²) in [6, 6.07) is 0. The van der Waals surface area contributed by atoms with E-state index in [1.165, 1.54) is 0 Å². The van der Waals surface area contributed by atoms with Crippen LogP contribution in [-0.4, -0.2) is 12.5 Å². The van der Waals surface area contributed by atoms with Gasteiger partial charge in [-0.25, -0.2) is 14.7 Å². The van der Waals surface area contributed by atoms with Crippen LogP contribution in [-0.2, 0) is 4.84 Å². The highest BCUT2D eigenvalue weighted by atomic mass is 19.3. The highest BCUT2D eigenvalue weighted by Crippen LogP contribution is 2.35. The smallest absolute Gasteiger partial charge is 0.248 e. The maximum absolute atomic E-state index is 12.5. The molecule has 0 heterocycles. The normalized spacial score (nSPS) is 25.4. The SMILES string of the molecule is NOCC1CCC(F)(F)CC1. The molecule has 1 fully saturated rings. The largest absolute Gasteiger partial charge is 0.304 e. The Balaban J connectivity index is 2.25. The molecule has 0 aliphatic heterocycles. The third kappa shape index (κ3) is 2.71. The minimum Gasteiger partial charge on any atom is -0.304 e. The van der Waals surface area contributed by atoms with E-state index >= 15 is 0 Å². The second kappa shape index (κ2) is 3.45. The van der Waals surface area contributed by atoms with Crippen LogP contribution in [0.15, 0.2) is 0 Å². The third-order valence-electron chi connectivity index (χ3n) is 2.17. The first-order chi connectivity index (χ1) is 5.14. The second-order valence-electron chi connectivity index (χ2n) is 3.13. The lowest BCUT2D eigenvalue weighted by atomic mass is 9.87. The van der Waals surface area contributed by atoms with Crippen LogP contribution in [0.25, 0.3) is 0 Å². The van der Waals surface area contributed by atoms with E-state index in [9.17, 15) is 8.78 Å². The molecule has 0 bridgehead atoms. The van der Waals surface area contributed by atoms with Crippen LogP contribution in [0.1, 0.15) is 25.7 Å². The molecule has 1 rings (SSSR count). The molecular formula is C7H13F2NO. The summed E-state index contributed by atoms with van der Waals surface area (Å²) in [6.45, 7) is 0.413. The fourth-order valence-corrected chi connectivity index (χ4v) is 1.40. The van der Waals surface area contributed by atoms with Crippen molar-refractivity contribution >= 4 is 0 Å². The fraction of sp³-hybridized carbons (Fsp3) is 1.00. The summed E-state index contributed by atoms with van der Waals surface area (Å²) < 4.78 is 25.1. The minimum atomic E-state index is -2.44. The van der Waals surface area contributed by atoms with E-state index in [1.54, 1.807) is 0 Å². The van der Waals surface area contributed by atoms with Crippen molar-refractivity contribution in [1.29, 1.82) is 0 Å². The number of hydrogen-bond acceptors (Lipinski definition) is 2. The molecule has 0 aromatic carbocycles. The van der Waals surface area contributed by atoms with Gasteiger partial charge in [0.05, 0.1) is 6.61 Å². The van der Waals surface area contributed by atoms with Crippen molar-refractivity contribution in [2.75, 3.05) is 6.61 Å². The molecule has 2 nitrogen and oxygen atoms in total. The molecule has 0 radical (unpaired) electrons. The molecule has 1 saturated carbocycles. The number of halogens is 2. The Morgan fingerprint density at radius 3 is 2.36 bits per heavy atom. The Kier molecular flexibility index (Phi) is 2.78. The molecule has 11 heavy (non-hydrogen) atoms. The van der Waals surface area contributed by atoms with Gasteiger partial charge < -0.3 is 4.84 Å². The third-order valence-corrected chi connectivity index (χ3v) is 2.17. The van der Waals surface area contributed by atoms with Crippen molar-refractivity contribution in [3.63, 3.8) is 0 Å². The number of nitrogens with two attached hydrogens (primary N) is 1. The average Bonchev–Trinajstić information content (AvgIpc) is 1.94. The van der Waals surface area contributed by atoms with Crippen molar-refractivity contribution < 1.29 is 13.6 Å². The predicted molar refractivity (Wildman–Crippen MR) is 37.0 cm³/mol. The summed E-state index contributed by atoms with van der Waals surface area (Å²) >= 11 is 0. The number of rotatable bonds is 2. The van der Waals surface area contributed by atoms with Crippen molar-refractivity contribution in [2.24, 2.45) is 11.8 Å². The van der Waals surface area contributed by atoms with Crippen molar-refractivity contribution in [1.82, 2.24) is 0 Å². The maximum Gasteiger partial charge on any atom is 0.248 e. The van der Waals surface area contributed by atoms with E-state index in [4.69, 9.17) is 5.90 Å². The summed E-state index contributed by atoms with van der Waals surface area (Å²) in [5, 5.41) is 0. The first kappa shape index (κ1) is 8.87. The molecular weight excluding hydrogens is 152 g/mol. The first-order valence-electron chi connectivity index (χ1n) is 3.83. The van der Waals surface area contributed by atoms with Gasteiger partial charge in [-0.15, -0.1) is 0 Å². The molecule has 4 heteroatoms. The molecule has 0 aromatic rings. The highest BCUT2D eigenvalue weighted by molar-refractivity contribution is 4.76. The molecule has 0 aromatic heterocycles. The van der Waals surface area contributed by atoms with Gasteiger partial charge in [-0.3, -0.25) is 0 Å². The topological polar surface area (TPSA) is 35.2 Å². The van der Waals surface area contributed by atoms with Gasteiger partial charge in [-0.2, -0.15) is 0 Å². The molecule has 0 atom stereocenters. The average molecular weight is 165 g/mol. The van der Waals surface area contributed by atoms with Crippen LogP contribution >= 0.6 is 0 Å². The lowest BCUT2D eigenvalue weighted by Crippen LogP contribution is -2.27. The maximum atomic E-state index is 12.5. The number of hydrogen-bond donors (Lipinski definition) is 1. The molecule has 2 N–H and O–H groups in total. The molecule has 0 saturated heterocycles. The van der Waals surface area contributed by atoms with E-state index < -0.39 is 5.92 Å². The van der Waals surface area contributed by atoms with E-state index in [0.717, 1.165) is 0 Å². The van der Waals surface area contributed by atoms with Crippen LogP contribution in [0.4, 0.5) is 8.78 Å². The van der Waals surface area contributed by atoms with Gasteiger partial charge in [0.1, 0.15) is 0 Å². The lowest BCUT2D eigenvalue weighted by molar-refractivity contribution is -0.0561. The van der Waals surface area contributed by atoms with Crippen molar-refractivity contribution in [3.05, 3.63) is 0 Å². The van der Waals surface area contributed by atoms with Gasteiger partial charge in [0.25, 0.3) is 0 Å². The Bertz CT molecular complexity index is 120. The van der Waals surface area contributed by atoms with E-state index in [-0.39, 0.29) is 18.8 Å². The lowest BCUT2D eigenvalue weighted by Gasteiger charge is -2.27. The molecule has 66 valence electrons. The molecule has 1 aliphatic carbocycles. The van der Waals surface area contributed by atoms with Gasteiger partial charge in [-0.05, 0) is 18.8 Å². The summed E-state index contributed by atoms with van der Waals surface area (Å²) in [7, 11) is 0. The summed E-state index contributed by atoms with van der Waals surface area (Å²) in [5.74, 6) is 2.64. The molecule has 0 spiro atoms. The Labute approximate surface area is 64.7 Å². The van der Waals surface area contributed by atoms with Gasteiger partial charge in [0, 0.05) is 12.8 Å². The van der Waals surface area contributed by atoms with Gasteiger partial charge in [-0.1, -0.05) is 0 Å². The first-order valence-corrected chi connectivity index (χ1v) is 3.83. The summed E-state index contributed by atoms with van der Waals surface area (Å²) in [6.07, 6.45) is 1.04. The number of alkyl halides is 2. The Morgan fingerprint density at radius 2 is 1.91 bits per heavy atom. The van der Waals surface area contributed by atoms with Crippen LogP contribution in [0.2, 0.25) is 0 Å². The van der Waals surface area contributed by atoms with Gasteiger partial charge in [0.2, 0.25) is 5.92 Å². The Morgan fingerprint density at radius 1 is 1.36 bits per heavy atom. The summed E-state index contributed by atoms with van der Waals surface area (Å²) in [4.78, 5) is 4.40. The molecule has 0 unspecified atom stereocenters. The standard InChI is InChI=1S/C7H13F2NO/c8-7(9)3-1-6(2-4-7)5-11-10/h6H,1-5,10H2.